The van der Waals surface area contributed by atoms with Gasteiger partial charge in [0, 0.05) is 19.6 Å². The molecule has 0 unspecified atom stereocenters. The molecule has 1 rings (SSSR count). The van der Waals surface area contributed by atoms with E-state index in [2.05, 4.69) is 11.1 Å². The van der Waals surface area contributed by atoms with Crippen molar-refractivity contribution >= 4 is 11.3 Å². The van der Waals surface area contributed by atoms with E-state index in [4.69, 9.17) is 14.7 Å². The van der Waals surface area contributed by atoms with Gasteiger partial charge in [-0.2, -0.15) is 5.26 Å². The van der Waals surface area contributed by atoms with Crippen LogP contribution < -0.4 is 0 Å². The molecule has 0 saturated heterocycles. The van der Waals surface area contributed by atoms with Gasteiger partial charge in [0.15, 0.2) is 0 Å². The Kier molecular flexibility index (Phi) is 3.80. The van der Waals surface area contributed by atoms with Gasteiger partial charge in [-0.05, 0) is 13.8 Å². The molecule has 0 fully saturated rings. The molecule has 1 aromatic heterocycles. The van der Waals surface area contributed by atoms with Gasteiger partial charge in [-0.25, -0.2) is 4.98 Å². The summed E-state index contributed by atoms with van der Waals surface area (Å²) < 4.78 is 10.2. The zero-order chi connectivity index (χ0) is 11.5. The maximum absolute atomic E-state index is 8.96. The Balaban J connectivity index is 2.95. The summed E-state index contributed by atoms with van der Waals surface area (Å²) in [6, 6.07) is 2.21. The third-order valence-corrected chi connectivity index (χ3v) is 3.19. The van der Waals surface area contributed by atoms with Crippen molar-refractivity contribution in [2.45, 2.75) is 25.6 Å². The summed E-state index contributed by atoms with van der Waals surface area (Å²) in [5.41, 5.74) is 0.151. The average molecular weight is 226 g/mol. The molecule has 0 aliphatic rings. The molecule has 0 aromatic carbocycles. The van der Waals surface area contributed by atoms with Gasteiger partial charge in [0.05, 0.1) is 6.07 Å². The van der Waals surface area contributed by atoms with Crippen molar-refractivity contribution in [3.8, 4) is 6.07 Å². The smallest absolute Gasteiger partial charge is 0.201 e. The lowest BCUT2D eigenvalue weighted by Gasteiger charge is -2.12. The molecule has 5 heteroatoms. The molecule has 0 amide bonds. The van der Waals surface area contributed by atoms with E-state index in [-0.39, 0.29) is 0 Å². The molecular weight excluding hydrogens is 212 g/mol. The highest BCUT2D eigenvalue weighted by Crippen LogP contribution is 2.28. The van der Waals surface area contributed by atoms with Gasteiger partial charge in [0.25, 0.3) is 0 Å². The molecule has 0 N–H and O–H groups in total. The molecule has 0 atom stereocenters. The molecule has 0 saturated carbocycles. The largest absolute Gasteiger partial charge is 0.350 e. The van der Waals surface area contributed by atoms with E-state index >= 15 is 0 Å². The van der Waals surface area contributed by atoms with Crippen LogP contribution in [0.4, 0.5) is 0 Å². The molecule has 82 valence electrons. The highest BCUT2D eigenvalue weighted by atomic mass is 32.1. The van der Waals surface area contributed by atoms with Crippen molar-refractivity contribution in [1.82, 2.24) is 4.98 Å². The van der Waals surface area contributed by atoms with Crippen LogP contribution in [0.3, 0.4) is 0 Å². The number of nitrogens with zero attached hydrogens (tertiary/aromatic N) is 2. The highest BCUT2D eigenvalue weighted by Gasteiger charge is 2.25. The predicted molar refractivity (Wildman–Crippen MR) is 57.5 cm³/mol. The summed E-state index contributed by atoms with van der Waals surface area (Å²) in [4.78, 5) is 4.34. The van der Waals surface area contributed by atoms with Gasteiger partial charge in [0.2, 0.25) is 6.29 Å². The van der Waals surface area contributed by atoms with Crippen LogP contribution in [0.5, 0.6) is 0 Å². The molecule has 0 radical (unpaired) electrons. The van der Waals surface area contributed by atoms with Gasteiger partial charge in [-0.3, -0.25) is 0 Å². The Labute approximate surface area is 93.5 Å². The summed E-state index contributed by atoms with van der Waals surface area (Å²) in [6.45, 7) is 3.68. The number of nitriles is 1. The van der Waals surface area contributed by atoms with E-state index in [1.54, 1.807) is 14.2 Å². The second-order valence-electron chi connectivity index (χ2n) is 3.62. The Morgan fingerprint density at radius 3 is 2.53 bits per heavy atom. The first-order chi connectivity index (χ1) is 7.05. The lowest BCUT2D eigenvalue weighted by Crippen LogP contribution is -2.14. The number of aromatic nitrogens is 1. The fraction of sp³-hybridized carbons (Fsp3) is 0.600. The van der Waals surface area contributed by atoms with Gasteiger partial charge in [-0.15, -0.1) is 11.3 Å². The van der Waals surface area contributed by atoms with Crippen LogP contribution in [0, 0.1) is 11.3 Å². The molecule has 0 aliphatic heterocycles. The number of rotatable bonds is 4. The van der Waals surface area contributed by atoms with Gasteiger partial charge in [0.1, 0.15) is 16.1 Å². The molecule has 0 spiro atoms. The number of thiazole rings is 1. The van der Waals surface area contributed by atoms with Crippen LogP contribution in [-0.4, -0.2) is 19.2 Å². The third-order valence-electron chi connectivity index (χ3n) is 2.01. The predicted octanol–water partition coefficient (Wildman–Crippen LogP) is 2.24. The third kappa shape index (κ3) is 2.53. The first kappa shape index (κ1) is 12.1. The van der Waals surface area contributed by atoms with Crippen LogP contribution in [0.15, 0.2) is 5.38 Å². The van der Waals surface area contributed by atoms with E-state index in [0.29, 0.717) is 5.69 Å². The summed E-state index contributed by atoms with van der Waals surface area (Å²) in [6.07, 6.45) is -0.454. The average Bonchev–Trinajstić information content (AvgIpc) is 2.70. The number of ether oxygens (including phenoxy) is 2. The molecule has 4 nitrogen and oxygen atoms in total. The summed E-state index contributed by atoms with van der Waals surface area (Å²) >= 11 is 1.45. The second-order valence-corrected chi connectivity index (χ2v) is 4.48. The standard InChI is InChI=1S/C10H14N2O2S/c1-10(2,6-11)9-12-7(5-15-9)8(13-3)14-4/h5,8H,1-4H3. The monoisotopic (exact) mass is 226 g/mol. The second kappa shape index (κ2) is 4.71. The number of hydrogen-bond donors (Lipinski definition) is 0. The highest BCUT2D eigenvalue weighted by molar-refractivity contribution is 7.09. The minimum atomic E-state index is -0.561. The van der Waals surface area contributed by atoms with Crippen molar-refractivity contribution < 1.29 is 9.47 Å². The topological polar surface area (TPSA) is 55.1 Å². The fourth-order valence-electron chi connectivity index (χ4n) is 1.07. The van der Waals surface area contributed by atoms with E-state index < -0.39 is 11.7 Å². The molecule has 1 heterocycles. The maximum atomic E-state index is 8.96. The molecular formula is C10H14N2O2S. The molecule has 0 aliphatic carbocycles. The van der Waals surface area contributed by atoms with Crippen molar-refractivity contribution in [2.75, 3.05) is 14.2 Å². The van der Waals surface area contributed by atoms with Crippen molar-refractivity contribution in [1.29, 1.82) is 5.26 Å². The first-order valence-electron chi connectivity index (χ1n) is 4.48. The lowest BCUT2D eigenvalue weighted by molar-refractivity contribution is -0.108. The van der Waals surface area contributed by atoms with Crippen LogP contribution in [0.2, 0.25) is 0 Å². The minimum absolute atomic E-state index is 0.454. The van der Waals surface area contributed by atoms with Crippen molar-refractivity contribution in [2.24, 2.45) is 0 Å². The van der Waals surface area contributed by atoms with Crippen molar-refractivity contribution in [3.63, 3.8) is 0 Å². The SMILES string of the molecule is COC(OC)c1csc(C(C)(C)C#N)n1. The zero-order valence-corrected chi connectivity index (χ0v) is 10.1. The molecule has 1 aromatic rings. The van der Waals surface area contributed by atoms with Gasteiger partial charge in [-0.1, -0.05) is 0 Å². The normalized spacial score (nSPS) is 11.7. The Morgan fingerprint density at radius 2 is 2.07 bits per heavy atom. The van der Waals surface area contributed by atoms with Crippen LogP contribution in [0.1, 0.15) is 30.8 Å². The van der Waals surface area contributed by atoms with E-state index in [0.717, 1.165) is 5.01 Å². The fourth-order valence-corrected chi connectivity index (χ4v) is 1.96. The van der Waals surface area contributed by atoms with Crippen LogP contribution >= 0.6 is 11.3 Å². The van der Waals surface area contributed by atoms with Crippen molar-refractivity contribution in [3.05, 3.63) is 16.1 Å². The quantitative estimate of drug-likeness (QED) is 0.739. The molecule has 0 bridgehead atoms. The maximum Gasteiger partial charge on any atom is 0.201 e. The number of methoxy groups -OCH3 is 2. The first-order valence-corrected chi connectivity index (χ1v) is 5.36. The van der Waals surface area contributed by atoms with E-state index in [1.807, 2.05) is 19.2 Å². The molecule has 15 heavy (non-hydrogen) atoms. The Morgan fingerprint density at radius 1 is 1.47 bits per heavy atom. The van der Waals surface area contributed by atoms with E-state index in [9.17, 15) is 0 Å². The minimum Gasteiger partial charge on any atom is -0.350 e. The van der Waals surface area contributed by atoms with Gasteiger partial charge >= 0.3 is 0 Å². The Hall–Kier alpha value is -0.960. The van der Waals surface area contributed by atoms with Crippen LogP contribution in [0.25, 0.3) is 0 Å². The van der Waals surface area contributed by atoms with E-state index in [1.165, 1.54) is 11.3 Å². The summed E-state index contributed by atoms with van der Waals surface area (Å²) in [7, 11) is 3.12. The lowest BCUT2D eigenvalue weighted by atomic mass is 9.97. The summed E-state index contributed by atoms with van der Waals surface area (Å²) in [5, 5.41) is 11.6. The summed E-state index contributed by atoms with van der Waals surface area (Å²) in [5.74, 6) is 0. The van der Waals surface area contributed by atoms with Gasteiger partial charge < -0.3 is 9.47 Å². The number of hydrogen-bond acceptors (Lipinski definition) is 5. The van der Waals surface area contributed by atoms with Crippen LogP contribution in [-0.2, 0) is 14.9 Å². The Bertz CT molecular complexity index is 364. The zero-order valence-electron chi connectivity index (χ0n) is 9.27.